The Morgan fingerprint density at radius 3 is 2.81 bits per heavy atom. The Balaban J connectivity index is 1.62. The van der Waals surface area contributed by atoms with Gasteiger partial charge in [-0.1, -0.05) is 0 Å². The summed E-state index contributed by atoms with van der Waals surface area (Å²) in [7, 11) is -3.44. The third-order valence-electron chi connectivity index (χ3n) is 3.33. The van der Waals surface area contributed by atoms with Crippen LogP contribution < -0.4 is 10.0 Å². The Bertz CT molecular complexity index is 717. The molecule has 0 aliphatic heterocycles. The van der Waals surface area contributed by atoms with E-state index in [0.717, 1.165) is 22.7 Å². The van der Waals surface area contributed by atoms with Gasteiger partial charge < -0.3 is 5.32 Å². The molecule has 0 aromatic carbocycles. The van der Waals surface area contributed by atoms with Crippen molar-refractivity contribution in [2.45, 2.75) is 43.1 Å². The van der Waals surface area contributed by atoms with Crippen LogP contribution in [0.25, 0.3) is 0 Å². The van der Waals surface area contributed by atoms with Gasteiger partial charge in [0.05, 0.1) is 11.2 Å². The molecule has 0 bridgehead atoms. The average molecular weight is 343 g/mol. The molecular formula is C13H17N3O2S3. The predicted octanol–water partition coefficient (Wildman–Crippen LogP) is 2.24. The van der Waals surface area contributed by atoms with Crippen LogP contribution in [0.1, 0.15) is 29.0 Å². The molecule has 1 saturated carbocycles. The highest BCUT2D eigenvalue weighted by atomic mass is 32.2. The molecule has 0 atom stereocenters. The first-order valence-electron chi connectivity index (χ1n) is 6.74. The molecule has 0 saturated heterocycles. The largest absolute Gasteiger partial charge is 0.310 e. The lowest BCUT2D eigenvalue weighted by Gasteiger charge is -2.03. The molecule has 2 aromatic heterocycles. The van der Waals surface area contributed by atoms with Gasteiger partial charge in [-0.2, -0.15) is 0 Å². The zero-order valence-electron chi connectivity index (χ0n) is 11.6. The third kappa shape index (κ3) is 3.89. The maximum atomic E-state index is 12.3. The van der Waals surface area contributed by atoms with Gasteiger partial charge in [0, 0.05) is 24.0 Å². The van der Waals surface area contributed by atoms with Gasteiger partial charge in [0.15, 0.2) is 0 Å². The zero-order chi connectivity index (χ0) is 14.9. The first-order valence-corrected chi connectivity index (χ1v) is 9.98. The Morgan fingerprint density at radius 1 is 1.33 bits per heavy atom. The van der Waals surface area contributed by atoms with Crippen LogP contribution in [0.3, 0.4) is 0 Å². The molecule has 1 aliphatic carbocycles. The summed E-state index contributed by atoms with van der Waals surface area (Å²) in [5.74, 6) is 0. The lowest BCUT2D eigenvalue weighted by atomic mass is 10.3. The van der Waals surface area contributed by atoms with Gasteiger partial charge in [0.2, 0.25) is 10.0 Å². The second-order valence-corrected chi connectivity index (χ2v) is 8.96. The molecule has 0 radical (unpaired) electrons. The van der Waals surface area contributed by atoms with E-state index in [1.165, 1.54) is 35.5 Å². The van der Waals surface area contributed by atoms with Gasteiger partial charge >= 0.3 is 0 Å². The van der Waals surface area contributed by atoms with Crippen molar-refractivity contribution < 1.29 is 8.42 Å². The molecule has 1 fully saturated rings. The number of thiophene rings is 1. The standard InChI is InChI=1S/C13H17N3O2S3/c1-9-12(20-8-15-9)6-16-21(17,18)13-4-10(7-19-13)5-14-11-2-3-11/h4,7-8,11,14,16H,2-3,5-6H2,1H3. The Kier molecular flexibility index (Phi) is 4.41. The molecule has 0 spiro atoms. The van der Waals surface area contributed by atoms with Crippen LogP contribution in [0.4, 0.5) is 0 Å². The Labute approximate surface area is 132 Å². The van der Waals surface area contributed by atoms with E-state index in [9.17, 15) is 8.42 Å². The summed E-state index contributed by atoms with van der Waals surface area (Å²) in [6.07, 6.45) is 2.45. The molecule has 1 aliphatic rings. The molecular weight excluding hydrogens is 326 g/mol. The minimum Gasteiger partial charge on any atom is -0.310 e. The topological polar surface area (TPSA) is 71.1 Å². The minimum atomic E-state index is -3.44. The van der Waals surface area contributed by atoms with Crippen molar-refractivity contribution in [3.63, 3.8) is 0 Å². The quantitative estimate of drug-likeness (QED) is 0.809. The smallest absolute Gasteiger partial charge is 0.250 e. The lowest BCUT2D eigenvalue weighted by molar-refractivity contribution is 0.583. The summed E-state index contributed by atoms with van der Waals surface area (Å²) in [4.78, 5) is 5.07. The van der Waals surface area contributed by atoms with Gasteiger partial charge in [0.25, 0.3) is 0 Å². The summed E-state index contributed by atoms with van der Waals surface area (Å²) in [5.41, 5.74) is 3.63. The van der Waals surface area contributed by atoms with Crippen LogP contribution in [0.5, 0.6) is 0 Å². The van der Waals surface area contributed by atoms with Crippen molar-refractivity contribution in [2.24, 2.45) is 0 Å². The maximum absolute atomic E-state index is 12.3. The summed E-state index contributed by atoms with van der Waals surface area (Å²) in [5, 5.41) is 5.29. The molecule has 0 amide bonds. The molecule has 8 heteroatoms. The number of sulfonamides is 1. The number of hydrogen-bond donors (Lipinski definition) is 2. The van der Waals surface area contributed by atoms with Gasteiger partial charge in [-0.25, -0.2) is 18.1 Å². The first-order chi connectivity index (χ1) is 10.0. The second-order valence-electron chi connectivity index (χ2n) is 5.11. The number of hydrogen-bond acceptors (Lipinski definition) is 6. The molecule has 0 unspecified atom stereocenters. The van der Waals surface area contributed by atoms with Crippen molar-refractivity contribution in [2.75, 3.05) is 0 Å². The molecule has 2 aromatic rings. The van der Waals surface area contributed by atoms with Crippen LogP contribution in [-0.2, 0) is 23.1 Å². The molecule has 114 valence electrons. The van der Waals surface area contributed by atoms with Crippen LogP contribution in [0.2, 0.25) is 0 Å². The molecule has 3 rings (SSSR count). The maximum Gasteiger partial charge on any atom is 0.250 e. The average Bonchev–Trinajstić information content (AvgIpc) is 2.98. The number of aromatic nitrogens is 1. The lowest BCUT2D eigenvalue weighted by Crippen LogP contribution is -2.22. The normalized spacial score (nSPS) is 15.5. The summed E-state index contributed by atoms with van der Waals surface area (Å²) in [6.45, 7) is 2.92. The van der Waals surface area contributed by atoms with E-state index in [4.69, 9.17) is 0 Å². The number of nitrogens with one attached hydrogen (secondary N) is 2. The second kappa shape index (κ2) is 6.13. The molecule has 2 N–H and O–H groups in total. The van der Waals surface area contributed by atoms with E-state index in [0.29, 0.717) is 16.8 Å². The number of thiazole rings is 1. The monoisotopic (exact) mass is 343 g/mol. The van der Waals surface area contributed by atoms with Crippen LogP contribution in [0.15, 0.2) is 21.2 Å². The summed E-state index contributed by atoms with van der Waals surface area (Å²) in [6, 6.07) is 2.37. The van der Waals surface area contributed by atoms with E-state index in [1.807, 2.05) is 12.3 Å². The van der Waals surface area contributed by atoms with Crippen molar-refractivity contribution >= 4 is 32.7 Å². The van der Waals surface area contributed by atoms with E-state index in [2.05, 4.69) is 15.0 Å². The van der Waals surface area contributed by atoms with E-state index >= 15 is 0 Å². The summed E-state index contributed by atoms with van der Waals surface area (Å²) < 4.78 is 27.5. The molecule has 2 heterocycles. The van der Waals surface area contributed by atoms with Crippen LogP contribution in [0, 0.1) is 6.92 Å². The number of aryl methyl sites for hydroxylation is 1. The van der Waals surface area contributed by atoms with E-state index < -0.39 is 10.0 Å². The number of rotatable bonds is 7. The van der Waals surface area contributed by atoms with Crippen molar-refractivity contribution in [1.29, 1.82) is 0 Å². The fourth-order valence-corrected chi connectivity index (χ4v) is 4.92. The van der Waals surface area contributed by atoms with Crippen LogP contribution >= 0.6 is 22.7 Å². The Morgan fingerprint density at radius 2 is 2.14 bits per heavy atom. The highest BCUT2D eigenvalue weighted by Crippen LogP contribution is 2.23. The van der Waals surface area contributed by atoms with Crippen LogP contribution in [-0.4, -0.2) is 19.4 Å². The van der Waals surface area contributed by atoms with Gasteiger partial charge in [0.1, 0.15) is 4.21 Å². The highest BCUT2D eigenvalue weighted by Gasteiger charge is 2.21. The van der Waals surface area contributed by atoms with Gasteiger partial charge in [-0.05, 0) is 36.8 Å². The van der Waals surface area contributed by atoms with Gasteiger partial charge in [-0.3, -0.25) is 0 Å². The third-order valence-corrected chi connectivity index (χ3v) is 7.16. The van der Waals surface area contributed by atoms with Crippen molar-refractivity contribution in [3.05, 3.63) is 33.1 Å². The number of nitrogens with zero attached hydrogens (tertiary/aromatic N) is 1. The molecule has 21 heavy (non-hydrogen) atoms. The van der Waals surface area contributed by atoms with Gasteiger partial charge in [-0.15, -0.1) is 22.7 Å². The first kappa shape index (κ1) is 15.1. The highest BCUT2D eigenvalue weighted by molar-refractivity contribution is 7.91. The van der Waals surface area contributed by atoms with E-state index in [-0.39, 0.29) is 0 Å². The van der Waals surface area contributed by atoms with Crippen molar-refractivity contribution in [3.8, 4) is 0 Å². The zero-order valence-corrected chi connectivity index (χ0v) is 14.1. The minimum absolute atomic E-state index is 0.298. The van der Waals surface area contributed by atoms with Crippen molar-refractivity contribution in [1.82, 2.24) is 15.0 Å². The SMILES string of the molecule is Cc1ncsc1CNS(=O)(=O)c1cc(CNC2CC2)cs1. The Hall–Kier alpha value is -0.800. The molecule has 5 nitrogen and oxygen atoms in total. The summed E-state index contributed by atoms with van der Waals surface area (Å²) >= 11 is 2.73. The van der Waals surface area contributed by atoms with E-state index in [1.54, 1.807) is 11.6 Å². The predicted molar refractivity (Wildman–Crippen MR) is 85.1 cm³/mol. The fourth-order valence-electron chi connectivity index (χ4n) is 1.86. The fraction of sp³-hybridized carbons (Fsp3) is 0.462.